The molecule has 4 nitrogen and oxygen atoms in total. The van der Waals surface area contributed by atoms with Crippen molar-refractivity contribution in [2.75, 3.05) is 19.0 Å². The van der Waals surface area contributed by atoms with E-state index in [-0.39, 0.29) is 5.91 Å². The summed E-state index contributed by atoms with van der Waals surface area (Å²) in [6.07, 6.45) is 3.02. The SMILES string of the molecule is COCc1cccc(NC(=O)CCNC2CC2)c1. The number of rotatable bonds is 7. The van der Waals surface area contributed by atoms with Gasteiger partial charge in [-0.15, -0.1) is 0 Å². The Morgan fingerprint density at radius 1 is 1.44 bits per heavy atom. The van der Waals surface area contributed by atoms with Gasteiger partial charge in [-0.2, -0.15) is 0 Å². The van der Waals surface area contributed by atoms with Gasteiger partial charge in [0.15, 0.2) is 0 Å². The van der Waals surface area contributed by atoms with E-state index in [0.29, 0.717) is 19.1 Å². The summed E-state index contributed by atoms with van der Waals surface area (Å²) in [5, 5.41) is 6.22. The molecule has 1 aliphatic carbocycles. The van der Waals surface area contributed by atoms with Crippen LogP contribution in [0.5, 0.6) is 0 Å². The molecule has 4 heteroatoms. The van der Waals surface area contributed by atoms with Crippen LogP contribution in [0.4, 0.5) is 5.69 Å². The number of methoxy groups -OCH3 is 1. The second-order valence-corrected chi connectivity index (χ2v) is 4.66. The molecule has 2 N–H and O–H groups in total. The van der Waals surface area contributed by atoms with Crippen molar-refractivity contribution in [3.8, 4) is 0 Å². The van der Waals surface area contributed by atoms with Crippen molar-refractivity contribution in [1.82, 2.24) is 5.32 Å². The predicted molar refractivity (Wildman–Crippen MR) is 71.4 cm³/mol. The lowest BCUT2D eigenvalue weighted by Crippen LogP contribution is -2.23. The Hall–Kier alpha value is -1.39. The second-order valence-electron chi connectivity index (χ2n) is 4.66. The number of benzene rings is 1. The molecule has 1 aromatic rings. The van der Waals surface area contributed by atoms with Gasteiger partial charge in [0, 0.05) is 31.8 Å². The molecule has 1 amide bonds. The molecule has 0 bridgehead atoms. The lowest BCUT2D eigenvalue weighted by Gasteiger charge is -2.07. The summed E-state index contributed by atoms with van der Waals surface area (Å²) in [6, 6.07) is 8.39. The number of hydrogen-bond acceptors (Lipinski definition) is 3. The van der Waals surface area contributed by atoms with Gasteiger partial charge in [0.1, 0.15) is 0 Å². The van der Waals surface area contributed by atoms with Gasteiger partial charge < -0.3 is 15.4 Å². The Labute approximate surface area is 108 Å². The van der Waals surface area contributed by atoms with Gasteiger partial charge in [-0.1, -0.05) is 12.1 Å². The second kappa shape index (κ2) is 6.52. The summed E-state index contributed by atoms with van der Waals surface area (Å²) >= 11 is 0. The largest absolute Gasteiger partial charge is 0.380 e. The van der Waals surface area contributed by atoms with Crippen molar-refractivity contribution in [2.45, 2.75) is 31.9 Å². The standard InChI is InChI=1S/C14H20N2O2/c1-18-10-11-3-2-4-13(9-11)16-14(17)7-8-15-12-5-6-12/h2-4,9,12,15H,5-8,10H2,1H3,(H,16,17). The summed E-state index contributed by atoms with van der Waals surface area (Å²) in [4.78, 5) is 11.7. The average Bonchev–Trinajstić information content (AvgIpc) is 3.14. The summed E-state index contributed by atoms with van der Waals surface area (Å²) in [6.45, 7) is 1.32. The number of carbonyl (C=O) groups is 1. The third-order valence-corrected chi connectivity index (χ3v) is 2.88. The minimum absolute atomic E-state index is 0.0534. The number of anilines is 1. The number of carbonyl (C=O) groups excluding carboxylic acids is 1. The Morgan fingerprint density at radius 3 is 3.00 bits per heavy atom. The Kier molecular flexibility index (Phi) is 4.73. The molecule has 1 aliphatic rings. The third-order valence-electron chi connectivity index (χ3n) is 2.88. The molecule has 0 radical (unpaired) electrons. The predicted octanol–water partition coefficient (Wildman–Crippen LogP) is 1.91. The maximum Gasteiger partial charge on any atom is 0.225 e. The van der Waals surface area contributed by atoms with Crippen molar-refractivity contribution in [3.63, 3.8) is 0 Å². The van der Waals surface area contributed by atoms with Gasteiger partial charge in [0.2, 0.25) is 5.91 Å². The molecular formula is C14H20N2O2. The average molecular weight is 248 g/mol. The summed E-state index contributed by atoms with van der Waals surface area (Å²) < 4.78 is 5.06. The quantitative estimate of drug-likeness (QED) is 0.775. The van der Waals surface area contributed by atoms with Crippen LogP contribution >= 0.6 is 0 Å². The van der Waals surface area contributed by atoms with E-state index in [0.717, 1.165) is 17.8 Å². The molecule has 0 atom stereocenters. The van der Waals surface area contributed by atoms with E-state index in [4.69, 9.17) is 4.74 Å². The Morgan fingerprint density at radius 2 is 2.28 bits per heavy atom. The van der Waals surface area contributed by atoms with Crippen LogP contribution in [0, 0.1) is 0 Å². The van der Waals surface area contributed by atoms with Crippen molar-refractivity contribution in [3.05, 3.63) is 29.8 Å². The van der Waals surface area contributed by atoms with E-state index >= 15 is 0 Å². The first-order chi connectivity index (χ1) is 8.78. The van der Waals surface area contributed by atoms with Gasteiger partial charge in [-0.25, -0.2) is 0 Å². The zero-order valence-electron chi connectivity index (χ0n) is 10.7. The lowest BCUT2D eigenvalue weighted by molar-refractivity contribution is -0.116. The molecule has 0 aromatic heterocycles. The van der Waals surface area contributed by atoms with Crippen molar-refractivity contribution < 1.29 is 9.53 Å². The molecule has 0 unspecified atom stereocenters. The van der Waals surface area contributed by atoms with Crippen LogP contribution < -0.4 is 10.6 Å². The maximum absolute atomic E-state index is 11.7. The third kappa shape index (κ3) is 4.47. The van der Waals surface area contributed by atoms with E-state index < -0.39 is 0 Å². The molecule has 2 rings (SSSR count). The van der Waals surface area contributed by atoms with E-state index in [1.807, 2.05) is 24.3 Å². The van der Waals surface area contributed by atoms with Crippen LogP contribution in [0.3, 0.4) is 0 Å². The van der Waals surface area contributed by atoms with Gasteiger partial charge in [-0.05, 0) is 30.5 Å². The van der Waals surface area contributed by atoms with E-state index in [1.54, 1.807) is 7.11 Å². The Balaban J connectivity index is 1.76. The van der Waals surface area contributed by atoms with Crippen LogP contribution in [0.25, 0.3) is 0 Å². The minimum Gasteiger partial charge on any atom is -0.380 e. The molecular weight excluding hydrogens is 228 g/mol. The molecule has 1 saturated carbocycles. The van der Waals surface area contributed by atoms with Crippen molar-refractivity contribution in [1.29, 1.82) is 0 Å². The molecule has 18 heavy (non-hydrogen) atoms. The minimum atomic E-state index is 0.0534. The highest BCUT2D eigenvalue weighted by molar-refractivity contribution is 5.90. The molecule has 0 spiro atoms. The highest BCUT2D eigenvalue weighted by atomic mass is 16.5. The van der Waals surface area contributed by atoms with Crippen LogP contribution in [0.2, 0.25) is 0 Å². The number of ether oxygens (including phenoxy) is 1. The van der Waals surface area contributed by atoms with Crippen molar-refractivity contribution >= 4 is 11.6 Å². The Bertz CT molecular complexity index is 403. The van der Waals surface area contributed by atoms with Gasteiger partial charge in [0.05, 0.1) is 6.61 Å². The topological polar surface area (TPSA) is 50.4 Å². The first-order valence-corrected chi connectivity index (χ1v) is 6.39. The van der Waals surface area contributed by atoms with Gasteiger partial charge >= 0.3 is 0 Å². The normalized spacial score (nSPS) is 14.5. The summed E-state index contributed by atoms with van der Waals surface area (Å²) in [5.74, 6) is 0.0534. The fraction of sp³-hybridized carbons (Fsp3) is 0.500. The van der Waals surface area contributed by atoms with E-state index in [2.05, 4.69) is 10.6 Å². The zero-order valence-corrected chi connectivity index (χ0v) is 10.7. The fourth-order valence-corrected chi connectivity index (χ4v) is 1.81. The smallest absolute Gasteiger partial charge is 0.225 e. The van der Waals surface area contributed by atoms with Crippen molar-refractivity contribution in [2.24, 2.45) is 0 Å². The summed E-state index contributed by atoms with van der Waals surface area (Å²) in [7, 11) is 1.66. The fourth-order valence-electron chi connectivity index (χ4n) is 1.81. The first-order valence-electron chi connectivity index (χ1n) is 6.39. The van der Waals surface area contributed by atoms with E-state index in [9.17, 15) is 4.79 Å². The van der Waals surface area contributed by atoms with Crippen LogP contribution in [0.1, 0.15) is 24.8 Å². The van der Waals surface area contributed by atoms with Crippen LogP contribution in [-0.4, -0.2) is 25.6 Å². The number of hydrogen-bond donors (Lipinski definition) is 2. The lowest BCUT2D eigenvalue weighted by atomic mass is 10.2. The number of nitrogens with one attached hydrogen (secondary N) is 2. The highest BCUT2D eigenvalue weighted by Gasteiger charge is 2.20. The first kappa shape index (κ1) is 13.1. The van der Waals surface area contributed by atoms with Crippen LogP contribution in [-0.2, 0) is 16.1 Å². The molecule has 0 saturated heterocycles. The molecule has 1 aromatic carbocycles. The number of amides is 1. The molecule has 0 heterocycles. The monoisotopic (exact) mass is 248 g/mol. The van der Waals surface area contributed by atoms with Gasteiger partial charge in [-0.3, -0.25) is 4.79 Å². The molecule has 98 valence electrons. The maximum atomic E-state index is 11.7. The zero-order chi connectivity index (χ0) is 12.8. The highest BCUT2D eigenvalue weighted by Crippen LogP contribution is 2.18. The molecule has 1 fully saturated rings. The molecule has 0 aliphatic heterocycles. The van der Waals surface area contributed by atoms with Crippen LogP contribution in [0.15, 0.2) is 24.3 Å². The van der Waals surface area contributed by atoms with Gasteiger partial charge in [0.25, 0.3) is 0 Å². The van der Waals surface area contributed by atoms with E-state index in [1.165, 1.54) is 12.8 Å². The summed E-state index contributed by atoms with van der Waals surface area (Å²) in [5.41, 5.74) is 1.90.